The smallest absolute Gasteiger partial charge is 0.325 e. The number of carboxylic acid groups (broad SMARTS) is 1. The molecule has 0 aromatic heterocycles. The van der Waals surface area contributed by atoms with Crippen LogP contribution in [-0.4, -0.2) is 47.6 Å². The van der Waals surface area contributed by atoms with Crippen LogP contribution in [0.2, 0.25) is 0 Å². The average Bonchev–Trinajstić information content (AvgIpc) is 2.38. The Morgan fingerprint density at radius 1 is 1.05 bits per heavy atom. The van der Waals surface area contributed by atoms with Gasteiger partial charge in [0, 0.05) is 0 Å². The largest absolute Gasteiger partial charge is 0.480 e. The maximum absolute atomic E-state index is 11.7. The van der Waals surface area contributed by atoms with Gasteiger partial charge in [-0.05, 0) is 33.2 Å². The predicted molar refractivity (Wildman–Crippen MR) is 73.7 cm³/mol. The van der Waals surface area contributed by atoms with Crippen LogP contribution in [0.5, 0.6) is 0 Å². The van der Waals surface area contributed by atoms with E-state index in [0.29, 0.717) is 13.0 Å². The van der Waals surface area contributed by atoms with Gasteiger partial charge in [0.1, 0.15) is 12.1 Å². The molecule has 0 rings (SSSR count). The summed E-state index contributed by atoms with van der Waals surface area (Å²) in [5.74, 6) is -2.15. The number of unbranched alkanes of at least 4 members (excludes halogenated alkanes) is 1. The quantitative estimate of drug-likeness (QED) is 0.327. The van der Waals surface area contributed by atoms with E-state index in [1.807, 2.05) is 0 Å². The van der Waals surface area contributed by atoms with Gasteiger partial charge in [-0.25, -0.2) is 0 Å². The van der Waals surface area contributed by atoms with Crippen molar-refractivity contribution in [2.24, 2.45) is 11.5 Å². The van der Waals surface area contributed by atoms with E-state index in [-0.39, 0.29) is 0 Å². The van der Waals surface area contributed by atoms with Crippen molar-refractivity contribution in [3.05, 3.63) is 0 Å². The van der Waals surface area contributed by atoms with E-state index in [4.69, 9.17) is 16.6 Å². The van der Waals surface area contributed by atoms with Crippen molar-refractivity contribution >= 4 is 17.8 Å². The van der Waals surface area contributed by atoms with E-state index in [1.165, 1.54) is 13.8 Å². The summed E-state index contributed by atoms with van der Waals surface area (Å²) in [6.07, 6.45) is 2.01. The van der Waals surface area contributed by atoms with Gasteiger partial charge in [0.2, 0.25) is 11.8 Å². The number of carbonyl (C=O) groups excluding carboxylic acids is 2. The molecule has 0 unspecified atom stereocenters. The van der Waals surface area contributed by atoms with Crippen LogP contribution in [0, 0.1) is 0 Å². The van der Waals surface area contributed by atoms with Crippen LogP contribution < -0.4 is 22.1 Å². The summed E-state index contributed by atoms with van der Waals surface area (Å²) in [5, 5.41) is 13.4. The van der Waals surface area contributed by atoms with Gasteiger partial charge in [0.25, 0.3) is 0 Å². The van der Waals surface area contributed by atoms with E-state index < -0.39 is 35.9 Å². The molecule has 3 atom stereocenters. The SMILES string of the molecule is C[C@H](NC(=O)[C@H](C)NC(=O)[C@@H](N)CCCCN)C(=O)O. The first-order chi connectivity index (χ1) is 9.29. The molecule has 0 aromatic rings. The molecule has 7 N–H and O–H groups in total. The second-order valence-electron chi connectivity index (χ2n) is 4.69. The van der Waals surface area contributed by atoms with Gasteiger partial charge in [-0.15, -0.1) is 0 Å². The molecule has 0 aliphatic carbocycles. The first kappa shape index (κ1) is 18.3. The molecule has 8 nitrogen and oxygen atoms in total. The van der Waals surface area contributed by atoms with Crippen LogP contribution in [0.4, 0.5) is 0 Å². The normalized spacial score (nSPS) is 15.0. The molecular weight excluding hydrogens is 264 g/mol. The van der Waals surface area contributed by atoms with E-state index in [2.05, 4.69) is 10.6 Å². The van der Waals surface area contributed by atoms with Gasteiger partial charge in [0.15, 0.2) is 0 Å². The maximum atomic E-state index is 11.7. The minimum absolute atomic E-state index is 0.437. The fourth-order valence-corrected chi connectivity index (χ4v) is 1.43. The van der Waals surface area contributed by atoms with Gasteiger partial charge in [-0.2, -0.15) is 0 Å². The molecule has 0 bridgehead atoms. The monoisotopic (exact) mass is 288 g/mol. The lowest BCUT2D eigenvalue weighted by Crippen LogP contribution is -2.52. The second kappa shape index (κ2) is 9.27. The Morgan fingerprint density at radius 3 is 2.10 bits per heavy atom. The summed E-state index contributed by atoms with van der Waals surface area (Å²) >= 11 is 0. The molecule has 8 heteroatoms. The minimum atomic E-state index is -1.14. The molecule has 0 fully saturated rings. The topological polar surface area (TPSA) is 148 Å². The van der Waals surface area contributed by atoms with Crippen LogP contribution in [-0.2, 0) is 14.4 Å². The molecule has 2 amide bonds. The summed E-state index contributed by atoms with van der Waals surface area (Å²) in [5.41, 5.74) is 11.0. The molecule has 20 heavy (non-hydrogen) atoms. The molecule has 0 radical (unpaired) electrons. The predicted octanol–water partition coefficient (Wildman–Crippen LogP) is -1.46. The molecule has 0 saturated heterocycles. The van der Waals surface area contributed by atoms with Crippen molar-refractivity contribution in [1.82, 2.24) is 10.6 Å². The lowest BCUT2D eigenvalue weighted by atomic mass is 10.1. The Hall–Kier alpha value is -1.67. The third kappa shape index (κ3) is 7.05. The molecule has 0 heterocycles. The van der Waals surface area contributed by atoms with Crippen LogP contribution >= 0.6 is 0 Å². The highest BCUT2D eigenvalue weighted by molar-refractivity contribution is 5.91. The highest BCUT2D eigenvalue weighted by atomic mass is 16.4. The van der Waals surface area contributed by atoms with Gasteiger partial charge < -0.3 is 27.2 Å². The van der Waals surface area contributed by atoms with Crippen LogP contribution in [0.15, 0.2) is 0 Å². The lowest BCUT2D eigenvalue weighted by Gasteiger charge is -2.18. The highest BCUT2D eigenvalue weighted by Crippen LogP contribution is 1.98. The maximum Gasteiger partial charge on any atom is 0.325 e. The Kier molecular flexibility index (Phi) is 8.49. The summed E-state index contributed by atoms with van der Waals surface area (Å²) in [4.78, 5) is 33.9. The summed E-state index contributed by atoms with van der Waals surface area (Å²) in [6.45, 7) is 3.35. The van der Waals surface area contributed by atoms with E-state index in [0.717, 1.165) is 12.8 Å². The number of hydrogen-bond donors (Lipinski definition) is 5. The number of carbonyl (C=O) groups is 3. The molecule has 0 aliphatic rings. The molecule has 116 valence electrons. The number of hydrogen-bond acceptors (Lipinski definition) is 5. The third-order valence-electron chi connectivity index (χ3n) is 2.79. The number of nitrogens with two attached hydrogens (primary N) is 2. The summed E-state index contributed by atoms with van der Waals surface area (Å²) < 4.78 is 0. The van der Waals surface area contributed by atoms with Crippen molar-refractivity contribution in [3.8, 4) is 0 Å². The minimum Gasteiger partial charge on any atom is -0.480 e. The van der Waals surface area contributed by atoms with Crippen LogP contribution in [0.3, 0.4) is 0 Å². The summed E-state index contributed by atoms with van der Waals surface area (Å²) in [7, 11) is 0. The van der Waals surface area contributed by atoms with Gasteiger partial charge in [-0.3, -0.25) is 14.4 Å². The zero-order valence-corrected chi connectivity index (χ0v) is 11.9. The van der Waals surface area contributed by atoms with Crippen LogP contribution in [0.25, 0.3) is 0 Å². The van der Waals surface area contributed by atoms with Gasteiger partial charge >= 0.3 is 5.97 Å². The first-order valence-electron chi connectivity index (χ1n) is 6.58. The van der Waals surface area contributed by atoms with E-state index in [1.54, 1.807) is 0 Å². The summed E-state index contributed by atoms with van der Waals surface area (Å²) in [6, 6.07) is -2.56. The van der Waals surface area contributed by atoms with Gasteiger partial charge in [0.05, 0.1) is 6.04 Å². The third-order valence-corrected chi connectivity index (χ3v) is 2.79. The second-order valence-corrected chi connectivity index (χ2v) is 4.69. The molecule has 0 saturated carbocycles. The first-order valence-corrected chi connectivity index (χ1v) is 6.58. The number of rotatable bonds is 9. The number of aliphatic carboxylic acids is 1. The number of nitrogens with one attached hydrogen (secondary N) is 2. The van der Waals surface area contributed by atoms with Crippen molar-refractivity contribution in [3.63, 3.8) is 0 Å². The number of carboxylic acids is 1. The van der Waals surface area contributed by atoms with Crippen molar-refractivity contribution in [1.29, 1.82) is 0 Å². The molecule has 0 aliphatic heterocycles. The van der Waals surface area contributed by atoms with Gasteiger partial charge in [-0.1, -0.05) is 6.42 Å². The lowest BCUT2D eigenvalue weighted by molar-refractivity contribution is -0.141. The van der Waals surface area contributed by atoms with E-state index >= 15 is 0 Å². The Balaban J connectivity index is 4.17. The fraction of sp³-hybridized carbons (Fsp3) is 0.750. The Labute approximate surface area is 118 Å². The molecular formula is C12H24N4O4. The standard InChI is InChI=1S/C12H24N4O4/c1-7(10(17)16-8(2)12(19)20)15-11(18)9(14)5-3-4-6-13/h7-9H,3-6,13-14H2,1-2H3,(H,15,18)(H,16,17)(H,19,20)/t7-,8-,9-/m0/s1. The fourth-order valence-electron chi connectivity index (χ4n) is 1.43. The molecule has 0 aromatic carbocycles. The number of amides is 2. The Morgan fingerprint density at radius 2 is 1.60 bits per heavy atom. The van der Waals surface area contributed by atoms with Crippen molar-refractivity contribution < 1.29 is 19.5 Å². The van der Waals surface area contributed by atoms with E-state index in [9.17, 15) is 14.4 Å². The zero-order valence-electron chi connectivity index (χ0n) is 11.9. The van der Waals surface area contributed by atoms with Crippen molar-refractivity contribution in [2.45, 2.75) is 51.2 Å². The average molecular weight is 288 g/mol. The Bertz CT molecular complexity index is 348. The van der Waals surface area contributed by atoms with Crippen molar-refractivity contribution in [2.75, 3.05) is 6.54 Å². The van der Waals surface area contributed by atoms with Crippen LogP contribution in [0.1, 0.15) is 33.1 Å². The molecule has 0 spiro atoms. The zero-order chi connectivity index (χ0) is 15.7. The highest BCUT2D eigenvalue weighted by Gasteiger charge is 2.22.